The quantitative estimate of drug-likeness (QED) is 0.0851. The molecule has 56 heavy (non-hydrogen) atoms. The summed E-state index contributed by atoms with van der Waals surface area (Å²) in [6.45, 7) is -3.11. The summed E-state index contributed by atoms with van der Waals surface area (Å²) in [5, 5.41) is -1.36. The van der Waals surface area contributed by atoms with Gasteiger partial charge in [-0.3, -0.25) is 0 Å². The molecule has 0 rings (SSSR count). The second-order valence-corrected chi connectivity index (χ2v) is 11.2. The summed E-state index contributed by atoms with van der Waals surface area (Å²) in [6, 6.07) is 0. The summed E-state index contributed by atoms with van der Waals surface area (Å²) in [7, 11) is 0. The number of alkyl halides is 35. The monoisotopic (exact) mass is 988 g/mol. The van der Waals surface area contributed by atoms with Crippen molar-refractivity contribution in [2.45, 2.75) is 108 Å². The molecule has 0 heterocycles. The Bertz CT molecular complexity index is 1270. The van der Waals surface area contributed by atoms with Crippen LogP contribution < -0.4 is 0 Å². The van der Waals surface area contributed by atoms with E-state index in [2.05, 4.69) is 4.74 Å². The van der Waals surface area contributed by atoms with E-state index in [0.717, 1.165) is 0 Å². The fourth-order valence-electron chi connectivity index (χ4n) is 3.74. The first-order chi connectivity index (χ1) is 23.7. The molecule has 338 valence electrons. The van der Waals surface area contributed by atoms with Gasteiger partial charge in [0.2, 0.25) is 0 Å². The molecule has 0 saturated heterocycles. The van der Waals surface area contributed by atoms with E-state index in [-0.39, 0.29) is 0 Å². The third kappa shape index (κ3) is 6.82. The van der Waals surface area contributed by atoms with Crippen LogP contribution in [0, 0.1) is 0 Å². The molecular weight excluding hydrogens is 982 g/mol. The fourth-order valence-corrected chi connectivity index (χ4v) is 3.97. The second-order valence-electron chi connectivity index (χ2n) is 10.5. The van der Waals surface area contributed by atoms with Crippen molar-refractivity contribution in [1.82, 2.24) is 0 Å². The Hall–Kier alpha value is -1.94. The molecule has 0 aliphatic carbocycles. The third-order valence-corrected chi connectivity index (χ3v) is 7.45. The van der Waals surface area contributed by atoms with Gasteiger partial charge in [-0.1, -0.05) is 15.9 Å². The molecule has 2 unspecified atom stereocenters. The summed E-state index contributed by atoms with van der Waals surface area (Å²) in [4.78, 5) is 0. The molecule has 0 aromatic carbocycles. The highest BCUT2D eigenvalue weighted by Crippen LogP contribution is 2.70. The van der Waals surface area contributed by atoms with Crippen molar-refractivity contribution in [2.75, 3.05) is 11.9 Å². The number of hydrogen-bond donors (Lipinski definition) is 0. The molecular formula is C20H7BrF34O. The van der Waals surface area contributed by atoms with Gasteiger partial charge in [0.15, 0.2) is 6.10 Å². The van der Waals surface area contributed by atoms with Crippen LogP contribution >= 0.6 is 15.9 Å². The highest BCUT2D eigenvalue weighted by atomic mass is 79.9. The SMILES string of the molecule is FC(F)(F)C(F)(F)C(F)(F)C(F)(F)C(F)(F)C(F)(F)C(F)(C(OCCCBr)C(F)(C(F)(F)F)C(F)(F)C(F)(F)C(F)(F)C(F)(F)C(F)(F)C(F)(F)F)C(F)(F)F. The van der Waals surface area contributed by atoms with Gasteiger partial charge in [0.05, 0.1) is 0 Å². The van der Waals surface area contributed by atoms with Crippen molar-refractivity contribution < 1.29 is 154 Å². The molecule has 0 aromatic heterocycles. The average molecular weight is 989 g/mol. The van der Waals surface area contributed by atoms with Crippen LogP contribution in [0.5, 0.6) is 0 Å². The molecule has 0 aliphatic heterocycles. The minimum Gasteiger partial charge on any atom is -0.370 e. The standard InChI is InChI=1S/C20H7BrF34O/c21-2-1-3-56-4(5(22,17(44,45)46)7(24,25)9(28,29)11(32,33)13(36,37)15(40,41)19(50,51)52)6(23,18(47,48)49)8(26,27)10(30,31)12(34,35)14(38,39)16(42,43)20(53,54)55/h4H,1-3H2. The molecule has 2 atom stereocenters. The Balaban J connectivity index is 8.93. The van der Waals surface area contributed by atoms with Crippen LogP contribution in [0.25, 0.3) is 0 Å². The number of halogens is 35. The molecule has 0 bridgehead atoms. The maximum atomic E-state index is 15.5. The third-order valence-electron chi connectivity index (χ3n) is 6.89. The Morgan fingerprint density at radius 2 is 0.482 bits per heavy atom. The zero-order valence-corrected chi connectivity index (χ0v) is 25.9. The first-order valence-electron chi connectivity index (χ1n) is 12.3. The summed E-state index contributed by atoms with van der Waals surface area (Å²) in [5.41, 5.74) is -19.7. The Morgan fingerprint density at radius 1 is 0.286 bits per heavy atom. The highest BCUT2D eigenvalue weighted by molar-refractivity contribution is 9.09. The first kappa shape index (κ1) is 54.1. The van der Waals surface area contributed by atoms with Crippen molar-refractivity contribution in [3.63, 3.8) is 0 Å². The van der Waals surface area contributed by atoms with Gasteiger partial charge in [0.25, 0.3) is 0 Å². The Morgan fingerprint density at radius 3 is 0.661 bits per heavy atom. The second kappa shape index (κ2) is 14.1. The van der Waals surface area contributed by atoms with Gasteiger partial charge in [-0.2, -0.15) is 140 Å². The maximum Gasteiger partial charge on any atom is 0.460 e. The van der Waals surface area contributed by atoms with Crippen LogP contribution in [-0.4, -0.2) is 113 Å². The molecule has 0 aromatic rings. The van der Waals surface area contributed by atoms with Gasteiger partial charge >= 0.3 is 95.3 Å². The number of hydrogen-bond acceptors (Lipinski definition) is 1. The molecule has 36 heteroatoms. The lowest BCUT2D eigenvalue weighted by Crippen LogP contribution is -2.84. The minimum atomic E-state index is -10.2. The molecule has 0 N–H and O–H groups in total. The van der Waals surface area contributed by atoms with E-state index in [9.17, 15) is 140 Å². The molecule has 0 spiro atoms. The molecule has 0 fully saturated rings. The number of rotatable bonds is 16. The van der Waals surface area contributed by atoms with Crippen LogP contribution in [-0.2, 0) is 4.74 Å². The van der Waals surface area contributed by atoms with E-state index in [1.807, 2.05) is 15.9 Å². The maximum absolute atomic E-state index is 15.5. The van der Waals surface area contributed by atoms with Crippen molar-refractivity contribution in [2.24, 2.45) is 0 Å². The van der Waals surface area contributed by atoms with Gasteiger partial charge < -0.3 is 4.74 Å². The molecule has 0 aliphatic rings. The highest BCUT2D eigenvalue weighted by Gasteiger charge is 3.01. The minimum absolute atomic E-state index is 1.36. The lowest BCUT2D eigenvalue weighted by Gasteiger charge is -2.51. The van der Waals surface area contributed by atoms with Gasteiger partial charge in [0, 0.05) is 11.9 Å². The van der Waals surface area contributed by atoms with Gasteiger partial charge in [-0.05, 0) is 6.42 Å². The van der Waals surface area contributed by atoms with E-state index in [4.69, 9.17) is 0 Å². The van der Waals surface area contributed by atoms with Crippen LogP contribution in [0.15, 0.2) is 0 Å². The van der Waals surface area contributed by atoms with Crippen LogP contribution in [0.4, 0.5) is 149 Å². The summed E-state index contributed by atoms with van der Waals surface area (Å²) in [5.74, 6) is -97.2. The van der Waals surface area contributed by atoms with Crippen molar-refractivity contribution in [1.29, 1.82) is 0 Å². The van der Waals surface area contributed by atoms with Gasteiger partial charge in [0.1, 0.15) is 0 Å². The van der Waals surface area contributed by atoms with E-state index in [0.29, 0.717) is 0 Å². The average Bonchev–Trinajstić information content (AvgIpc) is 2.95. The van der Waals surface area contributed by atoms with E-state index < -0.39 is 120 Å². The van der Waals surface area contributed by atoms with Crippen LogP contribution in [0.1, 0.15) is 6.42 Å². The molecule has 0 radical (unpaired) electrons. The zero-order chi connectivity index (χ0) is 46.4. The fraction of sp³-hybridized carbons (Fsp3) is 1.00. The molecule has 0 amide bonds. The summed E-state index contributed by atoms with van der Waals surface area (Å²) < 4.78 is 469. The van der Waals surface area contributed by atoms with Crippen molar-refractivity contribution in [3.05, 3.63) is 0 Å². The summed E-state index contributed by atoms with van der Waals surface area (Å²) in [6.07, 6.45) is -45.8. The van der Waals surface area contributed by atoms with Crippen molar-refractivity contribution in [3.8, 4) is 0 Å². The normalized spacial score (nSPS) is 19.1. The van der Waals surface area contributed by atoms with Crippen LogP contribution in [0.2, 0.25) is 0 Å². The Labute approximate surface area is 290 Å². The predicted molar refractivity (Wildman–Crippen MR) is 110 cm³/mol. The van der Waals surface area contributed by atoms with Crippen LogP contribution in [0.3, 0.4) is 0 Å². The van der Waals surface area contributed by atoms with E-state index >= 15 is 8.78 Å². The van der Waals surface area contributed by atoms with Crippen molar-refractivity contribution >= 4 is 15.9 Å². The first-order valence-corrected chi connectivity index (χ1v) is 13.4. The predicted octanol–water partition coefficient (Wildman–Crippen LogP) is 12.2. The smallest absolute Gasteiger partial charge is 0.370 e. The molecule has 1 nitrogen and oxygen atoms in total. The Kier molecular flexibility index (Phi) is 13.6. The topological polar surface area (TPSA) is 9.23 Å². The lowest BCUT2D eigenvalue weighted by atomic mass is 9.71. The molecule has 0 saturated carbocycles. The lowest BCUT2D eigenvalue weighted by molar-refractivity contribution is -0.484. The van der Waals surface area contributed by atoms with Gasteiger partial charge in [-0.15, -0.1) is 0 Å². The number of ether oxygens (including phenoxy) is 1. The summed E-state index contributed by atoms with van der Waals surface area (Å²) >= 11 is 1.95. The van der Waals surface area contributed by atoms with E-state index in [1.165, 1.54) is 0 Å². The van der Waals surface area contributed by atoms with Gasteiger partial charge in [-0.25, -0.2) is 8.78 Å². The zero-order valence-electron chi connectivity index (χ0n) is 24.3. The van der Waals surface area contributed by atoms with E-state index in [1.54, 1.807) is 0 Å². The largest absolute Gasteiger partial charge is 0.460 e.